The summed E-state index contributed by atoms with van der Waals surface area (Å²) in [7, 11) is 0. The molecule has 0 bridgehead atoms. The molecule has 19 heavy (non-hydrogen) atoms. The molecular formula is C16H8BrIO. The van der Waals surface area contributed by atoms with E-state index in [2.05, 4.69) is 74.9 Å². The van der Waals surface area contributed by atoms with Gasteiger partial charge < -0.3 is 4.74 Å². The van der Waals surface area contributed by atoms with Crippen LogP contribution in [-0.2, 0) is 0 Å². The molecule has 1 nitrogen and oxygen atoms in total. The zero-order valence-electron chi connectivity index (χ0n) is 9.78. The number of benzene rings is 3. The zero-order chi connectivity index (χ0) is 13.0. The number of hydrogen-bond acceptors (Lipinski definition) is 1. The zero-order valence-corrected chi connectivity index (χ0v) is 13.5. The van der Waals surface area contributed by atoms with E-state index < -0.39 is 0 Å². The maximum absolute atomic E-state index is 6.09. The van der Waals surface area contributed by atoms with Gasteiger partial charge in [-0.15, -0.1) is 0 Å². The van der Waals surface area contributed by atoms with Gasteiger partial charge in [-0.05, 0) is 67.7 Å². The molecule has 1 aliphatic rings. The summed E-state index contributed by atoms with van der Waals surface area (Å²) in [5, 5.41) is 2.42. The Morgan fingerprint density at radius 3 is 2.58 bits per heavy atom. The van der Waals surface area contributed by atoms with Crippen LogP contribution >= 0.6 is 38.5 Å². The Morgan fingerprint density at radius 1 is 0.947 bits per heavy atom. The lowest BCUT2D eigenvalue weighted by Gasteiger charge is -2.22. The highest BCUT2D eigenvalue weighted by Crippen LogP contribution is 2.49. The fourth-order valence-electron chi connectivity index (χ4n) is 2.59. The monoisotopic (exact) mass is 422 g/mol. The summed E-state index contributed by atoms with van der Waals surface area (Å²) in [6.07, 6.45) is 0. The first-order valence-corrected chi connectivity index (χ1v) is 7.80. The van der Waals surface area contributed by atoms with Crippen LogP contribution < -0.4 is 4.74 Å². The van der Waals surface area contributed by atoms with Crippen LogP contribution in [0.5, 0.6) is 11.5 Å². The Labute approximate surface area is 132 Å². The van der Waals surface area contributed by atoms with Crippen molar-refractivity contribution in [3.63, 3.8) is 0 Å². The molecule has 3 aromatic carbocycles. The maximum Gasteiger partial charge on any atom is 0.149 e. The lowest BCUT2D eigenvalue weighted by Crippen LogP contribution is -1.98. The van der Waals surface area contributed by atoms with Crippen LogP contribution in [0, 0.1) is 3.57 Å². The summed E-state index contributed by atoms with van der Waals surface area (Å²) in [5.74, 6) is 1.84. The summed E-state index contributed by atoms with van der Waals surface area (Å²) >= 11 is 5.94. The predicted molar refractivity (Wildman–Crippen MR) is 89.9 cm³/mol. The van der Waals surface area contributed by atoms with Crippen molar-refractivity contribution < 1.29 is 4.74 Å². The number of ether oxygens (including phenoxy) is 1. The van der Waals surface area contributed by atoms with E-state index >= 15 is 0 Å². The summed E-state index contributed by atoms with van der Waals surface area (Å²) in [4.78, 5) is 0. The quantitative estimate of drug-likeness (QED) is 0.317. The van der Waals surface area contributed by atoms with Crippen molar-refractivity contribution in [1.29, 1.82) is 0 Å². The van der Waals surface area contributed by atoms with Gasteiger partial charge in [-0.25, -0.2) is 0 Å². The molecule has 4 rings (SSSR count). The lowest BCUT2D eigenvalue weighted by atomic mass is 9.95. The molecule has 1 aliphatic heterocycles. The SMILES string of the molecule is Brc1cc(I)cc2c1Oc1cccc3cccc-2c13. The van der Waals surface area contributed by atoms with E-state index in [1.165, 1.54) is 19.9 Å². The molecule has 0 radical (unpaired) electrons. The van der Waals surface area contributed by atoms with E-state index in [1.54, 1.807) is 0 Å². The summed E-state index contributed by atoms with van der Waals surface area (Å²) in [6, 6.07) is 16.8. The van der Waals surface area contributed by atoms with Gasteiger partial charge in [0, 0.05) is 14.5 Å². The fraction of sp³-hybridized carbons (Fsp3) is 0. The van der Waals surface area contributed by atoms with Gasteiger partial charge in [0.25, 0.3) is 0 Å². The topological polar surface area (TPSA) is 9.23 Å². The van der Waals surface area contributed by atoms with Crippen molar-refractivity contribution in [2.24, 2.45) is 0 Å². The Hall–Kier alpha value is -1.07. The molecule has 0 aromatic heterocycles. The van der Waals surface area contributed by atoms with Crippen LogP contribution in [0.15, 0.2) is 53.0 Å². The molecule has 0 unspecified atom stereocenters. The maximum atomic E-state index is 6.09. The van der Waals surface area contributed by atoms with Gasteiger partial charge in [0.15, 0.2) is 0 Å². The number of hydrogen-bond donors (Lipinski definition) is 0. The molecule has 0 amide bonds. The van der Waals surface area contributed by atoms with Gasteiger partial charge in [-0.3, -0.25) is 0 Å². The molecule has 0 saturated heterocycles. The van der Waals surface area contributed by atoms with Gasteiger partial charge in [0.1, 0.15) is 11.5 Å². The third-order valence-electron chi connectivity index (χ3n) is 3.38. The molecule has 3 aromatic rings. The predicted octanol–water partition coefficient (Wildman–Crippen LogP) is 5.98. The average Bonchev–Trinajstić information content (AvgIpc) is 2.41. The normalized spacial score (nSPS) is 12.1. The van der Waals surface area contributed by atoms with Crippen LogP contribution in [0.4, 0.5) is 0 Å². The van der Waals surface area contributed by atoms with Gasteiger partial charge in [-0.1, -0.05) is 30.3 Å². The van der Waals surface area contributed by atoms with E-state index in [-0.39, 0.29) is 0 Å². The lowest BCUT2D eigenvalue weighted by molar-refractivity contribution is 0.484. The van der Waals surface area contributed by atoms with Crippen molar-refractivity contribution in [2.45, 2.75) is 0 Å². The van der Waals surface area contributed by atoms with Gasteiger partial charge in [0.2, 0.25) is 0 Å². The summed E-state index contributed by atoms with van der Waals surface area (Å²) < 4.78 is 8.28. The average molecular weight is 423 g/mol. The van der Waals surface area contributed by atoms with Crippen molar-refractivity contribution >= 4 is 49.3 Å². The van der Waals surface area contributed by atoms with Gasteiger partial charge >= 0.3 is 0 Å². The number of halogens is 2. The highest BCUT2D eigenvalue weighted by molar-refractivity contribution is 14.1. The highest BCUT2D eigenvalue weighted by atomic mass is 127. The third kappa shape index (κ3) is 1.71. The molecule has 0 aliphatic carbocycles. The smallest absolute Gasteiger partial charge is 0.149 e. The number of rotatable bonds is 0. The van der Waals surface area contributed by atoms with E-state index in [0.717, 1.165) is 21.5 Å². The first-order valence-electron chi connectivity index (χ1n) is 5.93. The van der Waals surface area contributed by atoms with E-state index in [1.807, 2.05) is 12.1 Å². The third-order valence-corrected chi connectivity index (χ3v) is 4.59. The fourth-order valence-corrected chi connectivity index (χ4v) is 4.18. The van der Waals surface area contributed by atoms with Gasteiger partial charge in [-0.2, -0.15) is 0 Å². The largest absolute Gasteiger partial charge is 0.455 e. The Bertz CT molecular complexity index is 821. The van der Waals surface area contributed by atoms with Gasteiger partial charge in [0.05, 0.1) is 4.47 Å². The second kappa shape index (κ2) is 4.21. The highest BCUT2D eigenvalue weighted by Gasteiger charge is 2.21. The van der Waals surface area contributed by atoms with Crippen LogP contribution in [0.2, 0.25) is 0 Å². The van der Waals surface area contributed by atoms with Crippen LogP contribution in [0.25, 0.3) is 21.9 Å². The first-order chi connectivity index (χ1) is 9.24. The Balaban J connectivity index is 2.19. The first kappa shape index (κ1) is 11.7. The standard InChI is InChI=1S/C16H8BrIO/c17-13-8-10(18)7-12-11-5-1-3-9-4-2-6-14(15(9)11)19-16(12)13/h1-8H. The Morgan fingerprint density at radius 2 is 1.74 bits per heavy atom. The Kier molecular flexibility index (Phi) is 2.60. The molecule has 0 saturated carbocycles. The minimum atomic E-state index is 0.909. The molecule has 1 heterocycles. The van der Waals surface area contributed by atoms with Crippen molar-refractivity contribution in [1.82, 2.24) is 0 Å². The van der Waals surface area contributed by atoms with Crippen molar-refractivity contribution in [3.05, 3.63) is 56.6 Å². The minimum absolute atomic E-state index is 0.909. The van der Waals surface area contributed by atoms with E-state index in [9.17, 15) is 0 Å². The van der Waals surface area contributed by atoms with Crippen molar-refractivity contribution in [3.8, 4) is 22.6 Å². The molecule has 0 spiro atoms. The molecule has 0 N–H and O–H groups in total. The summed E-state index contributed by atoms with van der Waals surface area (Å²) in [6.45, 7) is 0. The molecule has 0 fully saturated rings. The molecule has 0 atom stereocenters. The van der Waals surface area contributed by atoms with E-state index in [4.69, 9.17) is 4.74 Å². The summed E-state index contributed by atoms with van der Waals surface area (Å²) in [5.41, 5.74) is 2.40. The number of fused-ring (bicyclic) bond motifs is 2. The second-order valence-electron chi connectivity index (χ2n) is 4.53. The minimum Gasteiger partial charge on any atom is -0.455 e. The molecule has 92 valence electrons. The second-order valence-corrected chi connectivity index (χ2v) is 6.63. The van der Waals surface area contributed by atoms with Crippen LogP contribution in [0.1, 0.15) is 0 Å². The van der Waals surface area contributed by atoms with Crippen LogP contribution in [-0.4, -0.2) is 0 Å². The van der Waals surface area contributed by atoms with E-state index in [0.29, 0.717) is 0 Å². The molecular weight excluding hydrogens is 415 g/mol. The van der Waals surface area contributed by atoms with Crippen LogP contribution in [0.3, 0.4) is 0 Å². The molecule has 3 heteroatoms. The van der Waals surface area contributed by atoms with Crippen molar-refractivity contribution in [2.75, 3.05) is 0 Å².